The zero-order chi connectivity index (χ0) is 16.1. The van der Waals surface area contributed by atoms with E-state index in [-0.39, 0.29) is 12.3 Å². The van der Waals surface area contributed by atoms with Crippen molar-refractivity contribution in [2.45, 2.75) is 12.8 Å². The van der Waals surface area contributed by atoms with Crippen molar-refractivity contribution < 1.29 is 19.0 Å². The Morgan fingerprint density at radius 3 is 2.57 bits per heavy atom. The van der Waals surface area contributed by atoms with Gasteiger partial charge < -0.3 is 19.5 Å². The quantitative estimate of drug-likeness (QED) is 0.942. The lowest BCUT2D eigenvalue weighted by Gasteiger charge is -2.10. The Morgan fingerprint density at radius 2 is 1.83 bits per heavy atom. The average Bonchev–Trinajstić information content (AvgIpc) is 2.80. The molecule has 0 atom stereocenters. The zero-order valence-corrected chi connectivity index (χ0v) is 13.0. The van der Waals surface area contributed by atoms with Gasteiger partial charge in [0.05, 0.1) is 26.7 Å². The third-order valence-electron chi connectivity index (χ3n) is 3.55. The number of hydrogen-bond donors (Lipinski definition) is 1. The number of carbonyl (C=O) groups excluding carboxylic acids is 1. The molecular formula is C18H19NO4. The van der Waals surface area contributed by atoms with Crippen molar-refractivity contribution >= 4 is 11.6 Å². The van der Waals surface area contributed by atoms with Crippen LogP contribution in [0.2, 0.25) is 0 Å². The summed E-state index contributed by atoms with van der Waals surface area (Å²) in [4.78, 5) is 12.2. The van der Waals surface area contributed by atoms with E-state index >= 15 is 0 Å². The molecule has 0 aliphatic carbocycles. The van der Waals surface area contributed by atoms with Crippen LogP contribution >= 0.6 is 0 Å². The second-order valence-corrected chi connectivity index (χ2v) is 5.29. The molecule has 0 saturated carbocycles. The fraction of sp³-hybridized carbons (Fsp3) is 0.278. The Labute approximate surface area is 135 Å². The van der Waals surface area contributed by atoms with Gasteiger partial charge >= 0.3 is 0 Å². The third-order valence-corrected chi connectivity index (χ3v) is 3.55. The highest BCUT2D eigenvalue weighted by Gasteiger charge is 2.12. The van der Waals surface area contributed by atoms with Gasteiger partial charge in [-0.15, -0.1) is 0 Å². The standard InChI is InChI=1S/C18H19NO4/c1-21-15-6-4-14(5-7-15)19-18(20)12-13-3-8-16-17(11-13)23-10-2-9-22-16/h3-8,11H,2,9-10,12H2,1H3,(H,19,20). The van der Waals surface area contributed by atoms with Gasteiger partial charge in [0.1, 0.15) is 5.75 Å². The van der Waals surface area contributed by atoms with Crippen molar-refractivity contribution in [1.29, 1.82) is 0 Å². The summed E-state index contributed by atoms with van der Waals surface area (Å²) >= 11 is 0. The minimum atomic E-state index is -0.0790. The van der Waals surface area contributed by atoms with E-state index in [2.05, 4.69) is 5.32 Å². The minimum Gasteiger partial charge on any atom is -0.497 e. The first kappa shape index (κ1) is 15.2. The van der Waals surface area contributed by atoms with Crippen molar-refractivity contribution in [3.05, 3.63) is 48.0 Å². The molecule has 2 aromatic rings. The van der Waals surface area contributed by atoms with Crippen LogP contribution in [0.3, 0.4) is 0 Å². The molecule has 0 aromatic heterocycles. The second-order valence-electron chi connectivity index (χ2n) is 5.29. The molecule has 0 saturated heterocycles. The maximum atomic E-state index is 12.2. The molecule has 2 aromatic carbocycles. The predicted octanol–water partition coefficient (Wildman–Crippen LogP) is 3.04. The first-order valence-corrected chi connectivity index (χ1v) is 7.57. The zero-order valence-electron chi connectivity index (χ0n) is 13.0. The van der Waals surface area contributed by atoms with E-state index < -0.39 is 0 Å². The van der Waals surface area contributed by atoms with Crippen LogP contribution in [-0.2, 0) is 11.2 Å². The maximum Gasteiger partial charge on any atom is 0.228 e. The molecule has 1 amide bonds. The number of hydrogen-bond acceptors (Lipinski definition) is 4. The van der Waals surface area contributed by atoms with Gasteiger partial charge in [-0.3, -0.25) is 4.79 Å². The van der Waals surface area contributed by atoms with Gasteiger partial charge in [-0.2, -0.15) is 0 Å². The van der Waals surface area contributed by atoms with Gasteiger partial charge in [-0.1, -0.05) is 6.07 Å². The van der Waals surface area contributed by atoms with Crippen molar-refractivity contribution in [3.8, 4) is 17.2 Å². The summed E-state index contributed by atoms with van der Waals surface area (Å²) in [6.07, 6.45) is 1.14. The number of benzene rings is 2. The van der Waals surface area contributed by atoms with Crippen molar-refractivity contribution in [2.75, 3.05) is 25.6 Å². The van der Waals surface area contributed by atoms with E-state index in [1.165, 1.54) is 0 Å². The molecule has 0 fully saturated rings. The van der Waals surface area contributed by atoms with Crippen molar-refractivity contribution in [3.63, 3.8) is 0 Å². The number of methoxy groups -OCH3 is 1. The molecule has 1 aliphatic heterocycles. The maximum absolute atomic E-state index is 12.2. The molecule has 3 rings (SSSR count). The fourth-order valence-corrected chi connectivity index (χ4v) is 2.38. The van der Waals surface area contributed by atoms with Crippen LogP contribution in [0, 0.1) is 0 Å². The van der Waals surface area contributed by atoms with E-state index in [1.807, 2.05) is 42.5 Å². The van der Waals surface area contributed by atoms with Crippen LogP contribution in [0.5, 0.6) is 17.2 Å². The number of anilines is 1. The smallest absolute Gasteiger partial charge is 0.228 e. The Bertz CT molecular complexity index is 682. The number of fused-ring (bicyclic) bond motifs is 1. The molecule has 1 aliphatic rings. The highest BCUT2D eigenvalue weighted by Crippen LogP contribution is 2.30. The summed E-state index contributed by atoms with van der Waals surface area (Å²) in [5, 5.41) is 2.87. The number of amides is 1. The van der Waals surface area contributed by atoms with Gasteiger partial charge in [-0.05, 0) is 42.0 Å². The fourth-order valence-electron chi connectivity index (χ4n) is 2.38. The number of nitrogens with one attached hydrogen (secondary N) is 1. The second kappa shape index (κ2) is 7.05. The molecule has 0 unspecified atom stereocenters. The van der Waals surface area contributed by atoms with Gasteiger partial charge in [0.2, 0.25) is 5.91 Å². The molecular weight excluding hydrogens is 294 g/mol. The van der Waals surface area contributed by atoms with Crippen LogP contribution in [0.15, 0.2) is 42.5 Å². The number of rotatable bonds is 4. The highest BCUT2D eigenvalue weighted by molar-refractivity contribution is 5.92. The summed E-state index contributed by atoms with van der Waals surface area (Å²) in [5.74, 6) is 2.12. The SMILES string of the molecule is COc1ccc(NC(=O)Cc2ccc3c(c2)OCCCO3)cc1. The Hall–Kier alpha value is -2.69. The lowest BCUT2D eigenvalue weighted by Crippen LogP contribution is -2.14. The lowest BCUT2D eigenvalue weighted by atomic mass is 10.1. The first-order valence-electron chi connectivity index (χ1n) is 7.57. The van der Waals surface area contributed by atoms with Crippen molar-refractivity contribution in [1.82, 2.24) is 0 Å². The largest absolute Gasteiger partial charge is 0.497 e. The Kier molecular flexibility index (Phi) is 4.66. The normalized spacial score (nSPS) is 13.1. The van der Waals surface area contributed by atoms with Gasteiger partial charge in [0.25, 0.3) is 0 Å². The van der Waals surface area contributed by atoms with Crippen LogP contribution in [0.25, 0.3) is 0 Å². The molecule has 0 spiro atoms. The van der Waals surface area contributed by atoms with Crippen LogP contribution in [-0.4, -0.2) is 26.2 Å². The molecule has 23 heavy (non-hydrogen) atoms. The summed E-state index contributed by atoms with van der Waals surface area (Å²) < 4.78 is 16.3. The Balaban J connectivity index is 1.64. The first-order chi connectivity index (χ1) is 11.2. The lowest BCUT2D eigenvalue weighted by molar-refractivity contribution is -0.115. The van der Waals surface area contributed by atoms with Gasteiger partial charge in [0.15, 0.2) is 11.5 Å². The number of ether oxygens (including phenoxy) is 3. The molecule has 1 heterocycles. The van der Waals surface area contributed by atoms with E-state index in [9.17, 15) is 4.79 Å². The van der Waals surface area contributed by atoms with E-state index in [1.54, 1.807) is 7.11 Å². The predicted molar refractivity (Wildman–Crippen MR) is 87.4 cm³/mol. The third kappa shape index (κ3) is 3.94. The van der Waals surface area contributed by atoms with Crippen LogP contribution in [0.1, 0.15) is 12.0 Å². The number of carbonyl (C=O) groups is 1. The molecule has 1 N–H and O–H groups in total. The summed E-state index contributed by atoms with van der Waals surface area (Å²) in [6.45, 7) is 1.29. The monoisotopic (exact) mass is 313 g/mol. The molecule has 5 nitrogen and oxygen atoms in total. The van der Waals surface area contributed by atoms with Gasteiger partial charge in [-0.25, -0.2) is 0 Å². The molecule has 0 radical (unpaired) electrons. The summed E-state index contributed by atoms with van der Waals surface area (Å²) in [5.41, 5.74) is 1.63. The van der Waals surface area contributed by atoms with E-state index in [0.29, 0.717) is 19.0 Å². The molecule has 0 bridgehead atoms. The van der Waals surface area contributed by atoms with Crippen molar-refractivity contribution in [2.24, 2.45) is 0 Å². The topological polar surface area (TPSA) is 56.8 Å². The van der Waals surface area contributed by atoms with E-state index in [4.69, 9.17) is 14.2 Å². The molecule has 5 heteroatoms. The van der Waals surface area contributed by atoms with Crippen LogP contribution < -0.4 is 19.5 Å². The minimum absolute atomic E-state index is 0.0790. The van der Waals surface area contributed by atoms with Crippen LogP contribution in [0.4, 0.5) is 5.69 Å². The Morgan fingerprint density at radius 1 is 1.09 bits per heavy atom. The summed E-state index contributed by atoms with van der Waals surface area (Å²) in [7, 11) is 1.61. The van der Waals surface area contributed by atoms with E-state index in [0.717, 1.165) is 29.2 Å². The summed E-state index contributed by atoms with van der Waals surface area (Å²) in [6, 6.07) is 12.9. The average molecular weight is 313 g/mol. The van der Waals surface area contributed by atoms with Gasteiger partial charge in [0, 0.05) is 12.1 Å². The molecule has 120 valence electrons. The highest BCUT2D eigenvalue weighted by atomic mass is 16.5.